The molecule has 0 spiro atoms. The highest BCUT2D eigenvalue weighted by molar-refractivity contribution is 5.93. The molecular formula is C13H15N3O3. The van der Waals surface area contributed by atoms with Gasteiger partial charge >= 0.3 is 5.97 Å². The van der Waals surface area contributed by atoms with E-state index in [0.29, 0.717) is 23.4 Å². The van der Waals surface area contributed by atoms with Crippen LogP contribution >= 0.6 is 0 Å². The molecule has 1 aromatic carbocycles. The lowest BCUT2D eigenvalue weighted by atomic mass is 10.2. The largest absolute Gasteiger partial charge is 0.478 e. The molecule has 2 N–H and O–H groups in total. The van der Waals surface area contributed by atoms with E-state index in [2.05, 4.69) is 10.3 Å². The number of amides is 1. The molecule has 2 aromatic rings. The van der Waals surface area contributed by atoms with E-state index in [9.17, 15) is 9.59 Å². The van der Waals surface area contributed by atoms with Crippen LogP contribution in [0.25, 0.3) is 11.0 Å². The van der Waals surface area contributed by atoms with Crippen LogP contribution in [0, 0.1) is 6.92 Å². The molecule has 0 unspecified atom stereocenters. The molecule has 0 atom stereocenters. The van der Waals surface area contributed by atoms with Gasteiger partial charge in [-0.05, 0) is 32.0 Å². The van der Waals surface area contributed by atoms with Gasteiger partial charge in [0.15, 0.2) is 0 Å². The van der Waals surface area contributed by atoms with Crippen molar-refractivity contribution in [3.63, 3.8) is 0 Å². The highest BCUT2D eigenvalue weighted by Gasteiger charge is 2.12. The summed E-state index contributed by atoms with van der Waals surface area (Å²) in [7, 11) is 0. The highest BCUT2D eigenvalue weighted by atomic mass is 16.4. The van der Waals surface area contributed by atoms with E-state index >= 15 is 0 Å². The molecule has 0 saturated heterocycles. The Morgan fingerprint density at radius 2 is 2.16 bits per heavy atom. The number of hydrogen-bond acceptors (Lipinski definition) is 3. The number of nitrogens with one attached hydrogen (secondary N) is 1. The van der Waals surface area contributed by atoms with Crippen LogP contribution in [0.2, 0.25) is 0 Å². The fourth-order valence-corrected chi connectivity index (χ4v) is 1.97. The lowest BCUT2D eigenvalue weighted by Gasteiger charge is -2.07. The van der Waals surface area contributed by atoms with Gasteiger partial charge in [0.1, 0.15) is 12.4 Å². The molecule has 100 valence electrons. The Morgan fingerprint density at radius 1 is 1.42 bits per heavy atom. The molecule has 1 heterocycles. The van der Waals surface area contributed by atoms with Gasteiger partial charge in [-0.3, -0.25) is 4.79 Å². The second kappa shape index (κ2) is 5.09. The van der Waals surface area contributed by atoms with Crippen molar-refractivity contribution in [3.05, 3.63) is 29.6 Å². The first-order valence-corrected chi connectivity index (χ1v) is 5.99. The van der Waals surface area contributed by atoms with Crippen molar-refractivity contribution in [1.82, 2.24) is 14.9 Å². The van der Waals surface area contributed by atoms with Gasteiger partial charge in [0.2, 0.25) is 5.91 Å². The van der Waals surface area contributed by atoms with Crippen molar-refractivity contribution in [3.8, 4) is 0 Å². The molecule has 0 radical (unpaired) electrons. The molecule has 0 aliphatic rings. The lowest BCUT2D eigenvalue weighted by Crippen LogP contribution is -2.27. The summed E-state index contributed by atoms with van der Waals surface area (Å²) in [5.41, 5.74) is 1.53. The van der Waals surface area contributed by atoms with Crippen LogP contribution in [-0.4, -0.2) is 33.1 Å². The zero-order valence-electron chi connectivity index (χ0n) is 10.8. The number of carboxylic acids is 1. The highest BCUT2D eigenvalue weighted by Crippen LogP contribution is 2.17. The molecular weight excluding hydrogens is 246 g/mol. The maximum atomic E-state index is 11.6. The summed E-state index contributed by atoms with van der Waals surface area (Å²) >= 11 is 0. The number of aromatic carboxylic acids is 1. The Balaban J connectivity index is 2.46. The first-order chi connectivity index (χ1) is 9.02. The van der Waals surface area contributed by atoms with Gasteiger partial charge in [0.05, 0.1) is 16.6 Å². The number of fused-ring (bicyclic) bond motifs is 1. The summed E-state index contributed by atoms with van der Waals surface area (Å²) < 4.78 is 1.72. The molecule has 1 aromatic heterocycles. The predicted octanol–water partition coefficient (Wildman–Crippen LogP) is 1.18. The summed E-state index contributed by atoms with van der Waals surface area (Å²) in [5.74, 6) is -0.431. The standard InChI is InChI=1S/C13H15N3O3/c1-3-14-12(17)7-16-8(2)15-10-5-4-9(13(18)19)6-11(10)16/h4-6H,3,7H2,1-2H3,(H,14,17)(H,18,19). The molecule has 0 aliphatic carbocycles. The number of benzene rings is 1. The number of carbonyl (C=O) groups is 2. The van der Waals surface area contributed by atoms with Crippen molar-refractivity contribution < 1.29 is 14.7 Å². The van der Waals surface area contributed by atoms with Crippen LogP contribution in [0.15, 0.2) is 18.2 Å². The minimum Gasteiger partial charge on any atom is -0.478 e. The molecule has 1 amide bonds. The number of rotatable bonds is 4. The third-order valence-corrected chi connectivity index (χ3v) is 2.86. The molecule has 0 aliphatic heterocycles. The Kier molecular flexibility index (Phi) is 3.50. The molecule has 0 bridgehead atoms. The van der Waals surface area contributed by atoms with E-state index in [-0.39, 0.29) is 18.0 Å². The van der Waals surface area contributed by atoms with E-state index in [4.69, 9.17) is 5.11 Å². The van der Waals surface area contributed by atoms with Crippen molar-refractivity contribution >= 4 is 22.9 Å². The Labute approximate surface area is 110 Å². The van der Waals surface area contributed by atoms with Gasteiger partial charge in [-0.1, -0.05) is 0 Å². The second-order valence-electron chi connectivity index (χ2n) is 4.21. The minimum atomic E-state index is -0.995. The van der Waals surface area contributed by atoms with E-state index in [1.807, 2.05) is 6.92 Å². The average Bonchev–Trinajstić information content (AvgIpc) is 2.65. The molecule has 6 heteroatoms. The maximum absolute atomic E-state index is 11.6. The summed E-state index contributed by atoms with van der Waals surface area (Å²) in [5, 5.41) is 11.7. The van der Waals surface area contributed by atoms with Crippen molar-refractivity contribution in [2.45, 2.75) is 20.4 Å². The van der Waals surface area contributed by atoms with E-state index < -0.39 is 5.97 Å². The van der Waals surface area contributed by atoms with Crippen molar-refractivity contribution in [2.75, 3.05) is 6.54 Å². The van der Waals surface area contributed by atoms with Gasteiger partial charge in [-0.15, -0.1) is 0 Å². The fraction of sp³-hybridized carbons (Fsp3) is 0.308. The number of nitrogens with zero attached hydrogens (tertiary/aromatic N) is 2. The van der Waals surface area contributed by atoms with Crippen LogP contribution in [-0.2, 0) is 11.3 Å². The zero-order chi connectivity index (χ0) is 14.0. The minimum absolute atomic E-state index is 0.120. The van der Waals surface area contributed by atoms with Crippen LogP contribution in [0.1, 0.15) is 23.1 Å². The topological polar surface area (TPSA) is 84.2 Å². The molecule has 0 saturated carbocycles. The number of aromatic nitrogens is 2. The van der Waals surface area contributed by atoms with E-state index in [0.717, 1.165) is 0 Å². The fourth-order valence-electron chi connectivity index (χ4n) is 1.97. The lowest BCUT2D eigenvalue weighted by molar-refractivity contribution is -0.121. The summed E-state index contributed by atoms with van der Waals surface area (Å²) in [6, 6.07) is 4.70. The van der Waals surface area contributed by atoms with Crippen LogP contribution < -0.4 is 5.32 Å². The molecule has 0 fully saturated rings. The van der Waals surface area contributed by atoms with Gasteiger partial charge < -0.3 is 15.0 Å². The summed E-state index contributed by atoms with van der Waals surface area (Å²) in [4.78, 5) is 26.9. The Morgan fingerprint density at radius 3 is 2.79 bits per heavy atom. The quantitative estimate of drug-likeness (QED) is 0.865. The van der Waals surface area contributed by atoms with Crippen molar-refractivity contribution in [2.24, 2.45) is 0 Å². The van der Waals surface area contributed by atoms with Crippen LogP contribution in [0.5, 0.6) is 0 Å². The third kappa shape index (κ3) is 2.57. The number of likely N-dealkylation sites (N-methyl/N-ethyl adjacent to an activating group) is 1. The summed E-state index contributed by atoms with van der Waals surface area (Å²) in [6.45, 7) is 4.34. The van der Waals surface area contributed by atoms with Gasteiger partial charge in [-0.2, -0.15) is 0 Å². The monoisotopic (exact) mass is 261 g/mol. The van der Waals surface area contributed by atoms with E-state index in [1.54, 1.807) is 17.6 Å². The second-order valence-corrected chi connectivity index (χ2v) is 4.21. The van der Waals surface area contributed by atoms with Crippen LogP contribution in [0.4, 0.5) is 0 Å². The third-order valence-electron chi connectivity index (χ3n) is 2.86. The zero-order valence-corrected chi connectivity index (χ0v) is 10.8. The van der Waals surface area contributed by atoms with E-state index in [1.165, 1.54) is 12.1 Å². The number of hydrogen-bond donors (Lipinski definition) is 2. The number of aryl methyl sites for hydroxylation is 1. The Bertz CT molecular complexity index is 646. The Hall–Kier alpha value is -2.37. The first-order valence-electron chi connectivity index (χ1n) is 5.99. The molecule has 6 nitrogen and oxygen atoms in total. The first kappa shape index (κ1) is 13.1. The number of carboxylic acid groups (broad SMARTS) is 1. The SMILES string of the molecule is CCNC(=O)Cn1c(C)nc2ccc(C(=O)O)cc21. The van der Waals surface area contributed by atoms with Gasteiger partial charge in [-0.25, -0.2) is 9.78 Å². The van der Waals surface area contributed by atoms with Gasteiger partial charge in [0, 0.05) is 6.54 Å². The van der Waals surface area contributed by atoms with Crippen molar-refractivity contribution in [1.29, 1.82) is 0 Å². The predicted molar refractivity (Wildman–Crippen MR) is 70.1 cm³/mol. The van der Waals surface area contributed by atoms with Crippen LogP contribution in [0.3, 0.4) is 0 Å². The normalized spacial score (nSPS) is 10.6. The summed E-state index contributed by atoms with van der Waals surface area (Å²) in [6.07, 6.45) is 0. The smallest absolute Gasteiger partial charge is 0.335 e. The van der Waals surface area contributed by atoms with Gasteiger partial charge in [0.25, 0.3) is 0 Å². The number of imidazole rings is 1. The molecule has 2 rings (SSSR count). The molecule has 19 heavy (non-hydrogen) atoms. The maximum Gasteiger partial charge on any atom is 0.335 e. The number of carbonyl (C=O) groups excluding carboxylic acids is 1. The average molecular weight is 261 g/mol.